The van der Waals surface area contributed by atoms with Gasteiger partial charge in [0.15, 0.2) is 4.77 Å². The maximum absolute atomic E-state index is 12.1. The van der Waals surface area contributed by atoms with Gasteiger partial charge in [-0.1, -0.05) is 0 Å². The first kappa shape index (κ1) is 14.4. The van der Waals surface area contributed by atoms with Gasteiger partial charge < -0.3 is 4.74 Å². The van der Waals surface area contributed by atoms with Gasteiger partial charge in [-0.3, -0.25) is 14.3 Å². The number of aromatic amines is 1. The van der Waals surface area contributed by atoms with Gasteiger partial charge in [0, 0.05) is 11.7 Å². The minimum Gasteiger partial charge on any atom is -0.465 e. The Morgan fingerprint density at radius 2 is 2.15 bits per heavy atom. The fourth-order valence-corrected chi connectivity index (χ4v) is 2.51. The molecular formula is C13H15N3O3S. The van der Waals surface area contributed by atoms with E-state index < -0.39 is 11.5 Å². The minimum atomic E-state index is -0.571. The smallest absolute Gasteiger partial charge is 0.338 e. The van der Waals surface area contributed by atoms with Gasteiger partial charge >= 0.3 is 5.97 Å². The van der Waals surface area contributed by atoms with Crippen LogP contribution in [0.1, 0.15) is 35.9 Å². The largest absolute Gasteiger partial charge is 0.465 e. The summed E-state index contributed by atoms with van der Waals surface area (Å²) in [7, 11) is 1.27. The molecule has 0 aliphatic rings. The van der Waals surface area contributed by atoms with Gasteiger partial charge in [-0.25, -0.2) is 9.78 Å². The molecule has 106 valence electrons. The zero-order valence-corrected chi connectivity index (χ0v) is 12.5. The van der Waals surface area contributed by atoms with Gasteiger partial charge in [-0.15, -0.1) is 0 Å². The van der Waals surface area contributed by atoms with Gasteiger partial charge in [-0.05, 0) is 39.1 Å². The zero-order chi connectivity index (χ0) is 15.0. The van der Waals surface area contributed by atoms with Crippen molar-refractivity contribution < 1.29 is 9.53 Å². The number of hydrogen-bond acceptors (Lipinski definition) is 5. The molecule has 0 atom stereocenters. The zero-order valence-electron chi connectivity index (χ0n) is 11.7. The summed E-state index contributed by atoms with van der Waals surface area (Å²) in [6.45, 7) is 5.60. The second-order valence-electron chi connectivity index (χ2n) is 4.72. The van der Waals surface area contributed by atoms with Gasteiger partial charge in [0.05, 0.1) is 18.1 Å². The van der Waals surface area contributed by atoms with Crippen LogP contribution in [0, 0.1) is 11.7 Å². The first-order chi connectivity index (χ1) is 9.36. The monoisotopic (exact) mass is 293 g/mol. The number of rotatable bonds is 2. The van der Waals surface area contributed by atoms with E-state index >= 15 is 0 Å². The van der Waals surface area contributed by atoms with Gasteiger partial charge in [0.1, 0.15) is 5.65 Å². The average molecular weight is 293 g/mol. The van der Waals surface area contributed by atoms with Crippen molar-refractivity contribution in [2.75, 3.05) is 7.11 Å². The van der Waals surface area contributed by atoms with E-state index in [9.17, 15) is 9.59 Å². The summed E-state index contributed by atoms with van der Waals surface area (Å²) in [6.07, 6.45) is 0. The number of nitrogens with zero attached hydrogens (tertiary/aromatic N) is 2. The number of aryl methyl sites for hydroxylation is 1. The highest BCUT2D eigenvalue weighted by Crippen LogP contribution is 2.19. The molecule has 0 amide bonds. The third kappa shape index (κ3) is 2.24. The van der Waals surface area contributed by atoms with Crippen LogP contribution in [0.4, 0.5) is 0 Å². The van der Waals surface area contributed by atoms with Crippen LogP contribution in [-0.4, -0.2) is 27.6 Å². The number of hydrogen-bond donors (Lipinski definition) is 1. The Kier molecular flexibility index (Phi) is 3.71. The van der Waals surface area contributed by atoms with Crippen LogP contribution in [-0.2, 0) is 4.74 Å². The molecular weight excluding hydrogens is 278 g/mol. The summed E-state index contributed by atoms with van der Waals surface area (Å²) in [5.74, 6) is -0.571. The van der Waals surface area contributed by atoms with E-state index in [1.807, 2.05) is 13.8 Å². The second kappa shape index (κ2) is 5.16. The number of nitrogens with one attached hydrogen (secondary N) is 1. The average Bonchev–Trinajstić information content (AvgIpc) is 2.35. The topological polar surface area (TPSA) is 77.0 Å². The Hall–Kier alpha value is -2.02. The number of ether oxygens (including phenoxy) is 1. The number of methoxy groups -OCH3 is 1. The molecule has 2 rings (SSSR count). The Morgan fingerprint density at radius 1 is 1.50 bits per heavy atom. The molecule has 0 saturated carbocycles. The molecule has 2 aromatic rings. The van der Waals surface area contributed by atoms with E-state index in [2.05, 4.69) is 9.97 Å². The van der Waals surface area contributed by atoms with Crippen molar-refractivity contribution >= 4 is 29.2 Å². The van der Waals surface area contributed by atoms with Crippen molar-refractivity contribution in [3.05, 3.63) is 32.4 Å². The number of carbonyl (C=O) groups is 1. The molecule has 2 aromatic heterocycles. The maximum atomic E-state index is 12.1. The van der Waals surface area contributed by atoms with Crippen molar-refractivity contribution in [1.82, 2.24) is 14.5 Å². The Bertz CT molecular complexity index is 805. The number of esters is 1. The third-order valence-corrected chi connectivity index (χ3v) is 3.24. The van der Waals surface area contributed by atoms with E-state index in [0.717, 1.165) is 0 Å². The summed E-state index contributed by atoms with van der Waals surface area (Å²) >= 11 is 5.18. The normalized spacial score (nSPS) is 11.1. The number of pyridine rings is 1. The first-order valence-corrected chi connectivity index (χ1v) is 6.52. The van der Waals surface area contributed by atoms with E-state index in [-0.39, 0.29) is 21.8 Å². The third-order valence-electron chi connectivity index (χ3n) is 2.94. The van der Waals surface area contributed by atoms with E-state index in [4.69, 9.17) is 17.0 Å². The highest BCUT2D eigenvalue weighted by molar-refractivity contribution is 7.71. The van der Waals surface area contributed by atoms with Crippen LogP contribution in [0.5, 0.6) is 0 Å². The molecule has 0 fully saturated rings. The van der Waals surface area contributed by atoms with E-state index in [1.54, 1.807) is 11.5 Å². The quantitative estimate of drug-likeness (QED) is 0.678. The molecule has 0 aromatic carbocycles. The second-order valence-corrected chi connectivity index (χ2v) is 5.11. The van der Waals surface area contributed by atoms with Crippen LogP contribution in [0.2, 0.25) is 0 Å². The molecule has 0 aliphatic heterocycles. The molecule has 0 bridgehead atoms. The molecule has 1 N–H and O–H groups in total. The number of aromatic nitrogens is 3. The van der Waals surface area contributed by atoms with Crippen molar-refractivity contribution in [2.45, 2.75) is 26.8 Å². The number of fused-ring (bicyclic) bond motifs is 1. The predicted octanol–water partition coefficient (Wildman–Crippen LogP) is 2.13. The molecule has 7 heteroatoms. The van der Waals surface area contributed by atoms with Crippen LogP contribution in [0.3, 0.4) is 0 Å². The van der Waals surface area contributed by atoms with Crippen LogP contribution >= 0.6 is 12.2 Å². The highest BCUT2D eigenvalue weighted by Gasteiger charge is 2.19. The minimum absolute atomic E-state index is 0.00152. The lowest BCUT2D eigenvalue weighted by Crippen LogP contribution is -2.20. The Morgan fingerprint density at radius 3 is 2.70 bits per heavy atom. The lowest BCUT2D eigenvalue weighted by atomic mass is 10.1. The standard InChI is InChI=1S/C13H15N3O3S/c1-6(2)16-10-9(11(17)15-13(16)20)8(12(18)19-4)5-7(3)14-10/h5-6H,1-4H3,(H,15,17,20). The molecule has 6 nitrogen and oxygen atoms in total. The summed E-state index contributed by atoms with van der Waals surface area (Å²) < 4.78 is 6.73. The molecule has 0 saturated heterocycles. The van der Waals surface area contributed by atoms with E-state index in [0.29, 0.717) is 11.3 Å². The summed E-state index contributed by atoms with van der Waals surface area (Å²) in [5, 5.41) is 0.199. The fraction of sp³-hybridized carbons (Fsp3) is 0.385. The molecule has 0 aliphatic carbocycles. The lowest BCUT2D eigenvalue weighted by Gasteiger charge is -2.15. The molecule has 0 spiro atoms. The number of carbonyl (C=O) groups excluding carboxylic acids is 1. The number of H-pyrrole nitrogens is 1. The maximum Gasteiger partial charge on any atom is 0.338 e. The van der Waals surface area contributed by atoms with E-state index in [1.165, 1.54) is 13.2 Å². The summed E-state index contributed by atoms with van der Waals surface area (Å²) in [5.41, 5.74) is 0.775. The van der Waals surface area contributed by atoms with Gasteiger partial charge in [0.2, 0.25) is 0 Å². The molecule has 2 heterocycles. The molecule has 0 unspecified atom stereocenters. The predicted molar refractivity (Wildman–Crippen MR) is 77.6 cm³/mol. The first-order valence-electron chi connectivity index (χ1n) is 6.11. The lowest BCUT2D eigenvalue weighted by molar-refractivity contribution is 0.0602. The van der Waals surface area contributed by atoms with Crippen LogP contribution in [0.15, 0.2) is 10.9 Å². The Labute approximate surface area is 120 Å². The summed E-state index contributed by atoms with van der Waals surface area (Å²) in [4.78, 5) is 30.9. The van der Waals surface area contributed by atoms with Crippen molar-refractivity contribution in [2.24, 2.45) is 0 Å². The van der Waals surface area contributed by atoms with Crippen LogP contribution < -0.4 is 5.56 Å². The SMILES string of the molecule is COC(=O)c1cc(C)nc2c1c(=O)[nH]c(=S)n2C(C)C. The van der Waals surface area contributed by atoms with Gasteiger partial charge in [0.25, 0.3) is 5.56 Å². The van der Waals surface area contributed by atoms with Crippen molar-refractivity contribution in [3.8, 4) is 0 Å². The van der Waals surface area contributed by atoms with Crippen molar-refractivity contribution in [1.29, 1.82) is 0 Å². The van der Waals surface area contributed by atoms with Crippen molar-refractivity contribution in [3.63, 3.8) is 0 Å². The summed E-state index contributed by atoms with van der Waals surface area (Å²) in [6, 6.07) is 1.54. The fourth-order valence-electron chi connectivity index (χ4n) is 2.12. The molecule has 0 radical (unpaired) electrons. The highest BCUT2D eigenvalue weighted by atomic mass is 32.1. The molecule has 20 heavy (non-hydrogen) atoms. The Balaban J connectivity index is 3.07. The van der Waals surface area contributed by atoms with Crippen LogP contribution in [0.25, 0.3) is 11.0 Å². The van der Waals surface area contributed by atoms with Gasteiger partial charge in [-0.2, -0.15) is 0 Å².